The largest absolute Gasteiger partial charge is 0.280 e. The molecule has 0 aliphatic rings. The van der Waals surface area contributed by atoms with Crippen molar-refractivity contribution >= 4 is 5.91 Å². The average molecular weight is 186 g/mol. The first-order valence-electron chi connectivity index (χ1n) is 3.50. The topological polar surface area (TPSA) is 46.3 Å². The Bertz CT molecular complexity index is 339. The van der Waals surface area contributed by atoms with E-state index in [4.69, 9.17) is 5.84 Å². The summed E-state index contributed by atoms with van der Waals surface area (Å²) in [6.07, 6.45) is 0. The summed E-state index contributed by atoms with van der Waals surface area (Å²) in [5, 5.41) is 0.692. The van der Waals surface area contributed by atoms with E-state index in [2.05, 4.69) is 0 Å². The van der Waals surface area contributed by atoms with Gasteiger partial charge in [0.05, 0.1) is 5.56 Å². The lowest BCUT2D eigenvalue weighted by atomic mass is 10.2. The van der Waals surface area contributed by atoms with E-state index in [1.54, 1.807) is 0 Å². The van der Waals surface area contributed by atoms with Crippen molar-refractivity contribution in [2.24, 2.45) is 5.84 Å². The molecule has 1 rings (SSSR count). The van der Waals surface area contributed by atoms with Gasteiger partial charge >= 0.3 is 0 Å². The number of carbonyl (C=O) groups excluding carboxylic acids is 1. The van der Waals surface area contributed by atoms with Gasteiger partial charge in [0.15, 0.2) is 0 Å². The fourth-order valence-electron chi connectivity index (χ4n) is 0.851. The van der Waals surface area contributed by atoms with Crippen molar-refractivity contribution in [3.8, 4) is 0 Å². The van der Waals surface area contributed by atoms with Gasteiger partial charge in [-0.1, -0.05) is 0 Å². The van der Waals surface area contributed by atoms with Crippen LogP contribution in [0.5, 0.6) is 0 Å². The maximum atomic E-state index is 12.9. The van der Waals surface area contributed by atoms with Crippen LogP contribution in [0.15, 0.2) is 18.2 Å². The molecule has 0 spiro atoms. The molecule has 70 valence electrons. The Labute approximate surface area is 73.7 Å². The number of halogens is 2. The summed E-state index contributed by atoms with van der Waals surface area (Å²) in [6.45, 7) is 0. The number of nitrogens with two attached hydrogens (primary N) is 1. The molecule has 0 radical (unpaired) electrons. The highest BCUT2D eigenvalue weighted by Crippen LogP contribution is 2.10. The molecule has 3 nitrogen and oxygen atoms in total. The van der Waals surface area contributed by atoms with Crippen molar-refractivity contribution in [3.05, 3.63) is 35.4 Å². The summed E-state index contributed by atoms with van der Waals surface area (Å²) in [6, 6.07) is 2.62. The van der Waals surface area contributed by atoms with Gasteiger partial charge < -0.3 is 0 Å². The van der Waals surface area contributed by atoms with E-state index in [1.165, 1.54) is 7.05 Å². The zero-order chi connectivity index (χ0) is 10.0. The highest BCUT2D eigenvalue weighted by Gasteiger charge is 2.14. The van der Waals surface area contributed by atoms with Crippen LogP contribution in [0, 0.1) is 11.6 Å². The third kappa shape index (κ3) is 2.00. The molecule has 0 bridgehead atoms. The molecule has 0 saturated heterocycles. The van der Waals surface area contributed by atoms with Crippen LogP contribution < -0.4 is 5.84 Å². The van der Waals surface area contributed by atoms with Crippen molar-refractivity contribution in [1.82, 2.24) is 5.01 Å². The van der Waals surface area contributed by atoms with Crippen LogP contribution in [0.3, 0.4) is 0 Å². The van der Waals surface area contributed by atoms with E-state index in [0.29, 0.717) is 5.01 Å². The second-order valence-electron chi connectivity index (χ2n) is 2.54. The molecule has 13 heavy (non-hydrogen) atoms. The third-order valence-corrected chi connectivity index (χ3v) is 1.48. The number of rotatable bonds is 1. The second-order valence-corrected chi connectivity index (χ2v) is 2.54. The summed E-state index contributed by atoms with van der Waals surface area (Å²) in [5.74, 6) is 2.85. The second kappa shape index (κ2) is 3.49. The molecule has 5 heteroatoms. The van der Waals surface area contributed by atoms with Crippen LogP contribution in [0.4, 0.5) is 8.78 Å². The Hall–Kier alpha value is -1.49. The highest BCUT2D eigenvalue weighted by molar-refractivity contribution is 5.93. The van der Waals surface area contributed by atoms with Gasteiger partial charge in [-0.05, 0) is 18.2 Å². The molecule has 0 aromatic heterocycles. The van der Waals surface area contributed by atoms with Gasteiger partial charge in [-0.25, -0.2) is 14.6 Å². The molecule has 0 atom stereocenters. The van der Waals surface area contributed by atoms with E-state index in [9.17, 15) is 13.6 Å². The van der Waals surface area contributed by atoms with E-state index in [1.807, 2.05) is 0 Å². The molecule has 2 N–H and O–H groups in total. The van der Waals surface area contributed by atoms with Crippen LogP contribution in [-0.4, -0.2) is 18.0 Å². The molecule has 0 aliphatic carbocycles. The fraction of sp³-hybridized carbons (Fsp3) is 0.125. The molecule has 0 saturated carbocycles. The van der Waals surface area contributed by atoms with Gasteiger partial charge in [0, 0.05) is 7.05 Å². The molecule has 0 unspecified atom stereocenters. The van der Waals surface area contributed by atoms with Crippen LogP contribution in [0.1, 0.15) is 10.4 Å². The first-order valence-corrected chi connectivity index (χ1v) is 3.50. The first kappa shape index (κ1) is 9.60. The summed E-state index contributed by atoms with van der Waals surface area (Å²) in [5.41, 5.74) is -0.370. The molecular weight excluding hydrogens is 178 g/mol. The molecular formula is C8H8F2N2O. The molecule has 0 aliphatic heterocycles. The van der Waals surface area contributed by atoms with Crippen molar-refractivity contribution in [2.45, 2.75) is 0 Å². The zero-order valence-electron chi connectivity index (χ0n) is 6.92. The minimum absolute atomic E-state index is 0.370. The highest BCUT2D eigenvalue weighted by atomic mass is 19.1. The van der Waals surface area contributed by atoms with Crippen LogP contribution >= 0.6 is 0 Å². The molecule has 1 aromatic carbocycles. The van der Waals surface area contributed by atoms with Crippen LogP contribution in [-0.2, 0) is 0 Å². The maximum absolute atomic E-state index is 12.9. The Morgan fingerprint density at radius 3 is 2.62 bits per heavy atom. The Balaban J connectivity index is 3.13. The summed E-state index contributed by atoms with van der Waals surface area (Å²) < 4.78 is 25.5. The zero-order valence-corrected chi connectivity index (χ0v) is 6.92. The van der Waals surface area contributed by atoms with Crippen molar-refractivity contribution in [3.63, 3.8) is 0 Å². The van der Waals surface area contributed by atoms with Crippen molar-refractivity contribution in [2.75, 3.05) is 7.05 Å². The van der Waals surface area contributed by atoms with Gasteiger partial charge in [-0.3, -0.25) is 9.80 Å². The standard InChI is InChI=1S/C8H8F2N2O/c1-12(11)8(13)6-4-5(9)2-3-7(6)10/h2-4H,11H2,1H3. The Kier molecular flexibility index (Phi) is 2.57. The van der Waals surface area contributed by atoms with E-state index in [0.717, 1.165) is 18.2 Å². The smallest absolute Gasteiger partial charge is 0.270 e. The van der Waals surface area contributed by atoms with Crippen molar-refractivity contribution in [1.29, 1.82) is 0 Å². The van der Waals surface area contributed by atoms with Crippen molar-refractivity contribution < 1.29 is 13.6 Å². The lowest BCUT2D eigenvalue weighted by Gasteiger charge is -2.09. The lowest BCUT2D eigenvalue weighted by molar-refractivity contribution is 0.0790. The maximum Gasteiger partial charge on any atom is 0.270 e. The molecule has 0 heterocycles. The monoisotopic (exact) mass is 186 g/mol. The SMILES string of the molecule is CN(N)C(=O)c1cc(F)ccc1F. The van der Waals surface area contributed by atoms with E-state index >= 15 is 0 Å². The molecule has 1 amide bonds. The van der Waals surface area contributed by atoms with Crippen LogP contribution in [0.25, 0.3) is 0 Å². The first-order chi connectivity index (χ1) is 6.02. The predicted molar refractivity (Wildman–Crippen MR) is 42.6 cm³/mol. The number of carbonyl (C=O) groups is 1. The normalized spacial score (nSPS) is 9.85. The minimum atomic E-state index is -0.788. The minimum Gasteiger partial charge on any atom is -0.280 e. The summed E-state index contributed by atoms with van der Waals surface area (Å²) in [4.78, 5) is 11.1. The number of benzene rings is 1. The summed E-state index contributed by atoms with van der Waals surface area (Å²) in [7, 11) is 1.26. The molecule has 0 fully saturated rings. The van der Waals surface area contributed by atoms with Gasteiger partial charge in [0.1, 0.15) is 11.6 Å². The lowest BCUT2D eigenvalue weighted by Crippen LogP contribution is -2.33. The quantitative estimate of drug-likeness (QED) is 0.402. The number of amides is 1. The number of nitrogens with zero attached hydrogens (tertiary/aromatic N) is 1. The van der Waals surface area contributed by atoms with E-state index in [-0.39, 0.29) is 5.56 Å². The third-order valence-electron chi connectivity index (χ3n) is 1.48. The Morgan fingerprint density at radius 2 is 2.08 bits per heavy atom. The fourth-order valence-corrected chi connectivity index (χ4v) is 0.851. The molecule has 1 aromatic rings. The van der Waals surface area contributed by atoms with Gasteiger partial charge in [-0.15, -0.1) is 0 Å². The number of hydrogen-bond donors (Lipinski definition) is 1. The van der Waals surface area contributed by atoms with Gasteiger partial charge in [-0.2, -0.15) is 0 Å². The number of hydrazine groups is 1. The average Bonchev–Trinajstić information content (AvgIpc) is 2.08. The van der Waals surface area contributed by atoms with Gasteiger partial charge in [0.2, 0.25) is 0 Å². The number of hydrogen-bond acceptors (Lipinski definition) is 2. The predicted octanol–water partition coefficient (Wildman–Crippen LogP) is 0.911. The van der Waals surface area contributed by atoms with E-state index < -0.39 is 17.5 Å². The summed E-state index contributed by atoms with van der Waals surface area (Å²) >= 11 is 0. The van der Waals surface area contributed by atoms with Gasteiger partial charge in [0.25, 0.3) is 5.91 Å². The van der Waals surface area contributed by atoms with Crippen LogP contribution in [0.2, 0.25) is 0 Å². The Morgan fingerprint density at radius 1 is 1.46 bits per heavy atom.